The molecule has 2 atom stereocenters. The molecule has 1 amide bonds. The van der Waals surface area contributed by atoms with Crippen molar-refractivity contribution < 1.29 is 28.9 Å². The van der Waals surface area contributed by atoms with E-state index in [1.807, 2.05) is 0 Å². The molecule has 0 radical (unpaired) electrons. The number of carbonyl (C=O) groups is 2. The first-order chi connectivity index (χ1) is 9.68. The second-order valence-electron chi connectivity index (χ2n) is 4.98. The molecule has 7 nitrogen and oxygen atoms in total. The van der Waals surface area contributed by atoms with Crippen molar-refractivity contribution in [2.75, 3.05) is 39.6 Å². The Morgan fingerprint density at radius 1 is 1.35 bits per heavy atom. The van der Waals surface area contributed by atoms with Gasteiger partial charge in [0.2, 0.25) is 5.91 Å². The molecule has 0 aromatic carbocycles. The number of hydrogen-bond acceptors (Lipinski definition) is 5. The number of morpholine rings is 1. The normalized spacial score (nSPS) is 26.7. The van der Waals surface area contributed by atoms with Gasteiger partial charge < -0.3 is 24.2 Å². The number of rotatable bonds is 6. The van der Waals surface area contributed by atoms with Gasteiger partial charge in [0.1, 0.15) is 0 Å². The molecule has 0 bridgehead atoms. The van der Waals surface area contributed by atoms with Crippen LogP contribution in [0.1, 0.15) is 19.3 Å². The summed E-state index contributed by atoms with van der Waals surface area (Å²) in [4.78, 5) is 24.4. The van der Waals surface area contributed by atoms with Crippen molar-refractivity contribution in [1.82, 2.24) is 4.90 Å². The monoisotopic (exact) mass is 287 g/mol. The predicted octanol–water partition coefficient (Wildman–Crippen LogP) is -0.116. The largest absolute Gasteiger partial charge is 0.480 e. The molecule has 2 aliphatic rings. The van der Waals surface area contributed by atoms with Crippen molar-refractivity contribution in [1.29, 1.82) is 0 Å². The highest BCUT2D eigenvalue weighted by molar-refractivity contribution is 5.84. The molecule has 0 saturated carbocycles. The number of carbonyl (C=O) groups excluding carboxylic acids is 1. The van der Waals surface area contributed by atoms with Gasteiger partial charge in [-0.25, -0.2) is 4.79 Å². The number of hydrogen-bond donors (Lipinski definition) is 1. The fourth-order valence-electron chi connectivity index (χ4n) is 2.40. The van der Waals surface area contributed by atoms with Gasteiger partial charge in [-0.3, -0.25) is 4.79 Å². The molecule has 20 heavy (non-hydrogen) atoms. The molecular weight excluding hydrogens is 266 g/mol. The molecule has 0 spiro atoms. The van der Waals surface area contributed by atoms with Crippen LogP contribution < -0.4 is 0 Å². The first kappa shape index (κ1) is 15.2. The van der Waals surface area contributed by atoms with E-state index in [9.17, 15) is 9.59 Å². The van der Waals surface area contributed by atoms with Crippen LogP contribution in [-0.2, 0) is 23.8 Å². The van der Waals surface area contributed by atoms with Crippen LogP contribution in [0.5, 0.6) is 0 Å². The van der Waals surface area contributed by atoms with Crippen LogP contribution in [0.25, 0.3) is 0 Å². The van der Waals surface area contributed by atoms with E-state index in [-0.39, 0.29) is 25.0 Å². The summed E-state index contributed by atoms with van der Waals surface area (Å²) in [7, 11) is 0. The molecule has 0 unspecified atom stereocenters. The van der Waals surface area contributed by atoms with Crippen molar-refractivity contribution in [3.05, 3.63) is 0 Å². The van der Waals surface area contributed by atoms with E-state index in [2.05, 4.69) is 0 Å². The number of ether oxygens (including phenoxy) is 3. The minimum Gasteiger partial charge on any atom is -0.480 e. The Hall–Kier alpha value is -1.18. The van der Waals surface area contributed by atoms with E-state index in [4.69, 9.17) is 19.3 Å². The van der Waals surface area contributed by atoms with Crippen molar-refractivity contribution >= 4 is 11.9 Å². The van der Waals surface area contributed by atoms with Crippen LogP contribution in [-0.4, -0.2) is 73.6 Å². The highest BCUT2D eigenvalue weighted by Gasteiger charge is 2.32. The summed E-state index contributed by atoms with van der Waals surface area (Å²) in [5.74, 6) is -1.23. The standard InChI is InChI=1S/C13H21NO6/c15-12(3-6-18-8-10-2-1-5-20-10)14-4-7-19-9-11(14)13(16)17/h10-11H,1-9H2,(H,16,17)/t10-,11-/m1/s1. The summed E-state index contributed by atoms with van der Waals surface area (Å²) in [6.45, 7) is 2.33. The van der Waals surface area contributed by atoms with E-state index in [1.54, 1.807) is 0 Å². The lowest BCUT2D eigenvalue weighted by Crippen LogP contribution is -2.52. The topological polar surface area (TPSA) is 85.3 Å². The summed E-state index contributed by atoms with van der Waals surface area (Å²) in [6, 6.07) is -0.880. The summed E-state index contributed by atoms with van der Waals surface area (Å²) in [5.41, 5.74) is 0. The molecule has 2 rings (SSSR count). The fourth-order valence-corrected chi connectivity index (χ4v) is 2.40. The van der Waals surface area contributed by atoms with E-state index < -0.39 is 12.0 Å². The summed E-state index contributed by atoms with van der Waals surface area (Å²) < 4.78 is 15.9. The third kappa shape index (κ3) is 4.16. The van der Waals surface area contributed by atoms with Crippen LogP contribution in [0.15, 0.2) is 0 Å². The highest BCUT2D eigenvalue weighted by Crippen LogP contribution is 2.13. The number of amides is 1. The molecule has 2 fully saturated rings. The number of aliphatic carboxylic acids is 1. The van der Waals surface area contributed by atoms with Crippen molar-refractivity contribution in [3.8, 4) is 0 Å². The number of carboxylic acid groups (broad SMARTS) is 1. The van der Waals surface area contributed by atoms with Gasteiger partial charge >= 0.3 is 5.97 Å². The Morgan fingerprint density at radius 3 is 2.90 bits per heavy atom. The third-order valence-corrected chi connectivity index (χ3v) is 3.52. The Labute approximate surface area is 117 Å². The zero-order valence-electron chi connectivity index (χ0n) is 11.5. The van der Waals surface area contributed by atoms with Gasteiger partial charge in [-0.2, -0.15) is 0 Å². The predicted molar refractivity (Wildman–Crippen MR) is 68.4 cm³/mol. The minimum absolute atomic E-state index is 0.0534. The van der Waals surface area contributed by atoms with E-state index in [0.29, 0.717) is 26.4 Å². The summed E-state index contributed by atoms with van der Waals surface area (Å²) in [5, 5.41) is 9.05. The minimum atomic E-state index is -1.03. The highest BCUT2D eigenvalue weighted by atomic mass is 16.5. The van der Waals surface area contributed by atoms with Crippen LogP contribution in [0.2, 0.25) is 0 Å². The zero-order chi connectivity index (χ0) is 14.4. The van der Waals surface area contributed by atoms with Crippen molar-refractivity contribution in [3.63, 3.8) is 0 Å². The Morgan fingerprint density at radius 2 is 2.20 bits per heavy atom. The quantitative estimate of drug-likeness (QED) is 0.686. The smallest absolute Gasteiger partial charge is 0.328 e. The SMILES string of the molecule is O=C(O)[C@H]1COCCN1C(=O)CCOC[C@H]1CCCO1. The molecule has 2 heterocycles. The van der Waals surface area contributed by atoms with Gasteiger partial charge in [0.25, 0.3) is 0 Å². The zero-order valence-corrected chi connectivity index (χ0v) is 11.5. The molecule has 7 heteroatoms. The van der Waals surface area contributed by atoms with Gasteiger partial charge in [0.05, 0.1) is 39.0 Å². The summed E-state index contributed by atoms with van der Waals surface area (Å²) in [6.07, 6.45) is 2.39. The second-order valence-corrected chi connectivity index (χ2v) is 4.98. The fraction of sp³-hybridized carbons (Fsp3) is 0.846. The van der Waals surface area contributed by atoms with Gasteiger partial charge in [0.15, 0.2) is 6.04 Å². The molecule has 2 aliphatic heterocycles. The van der Waals surface area contributed by atoms with Crippen LogP contribution in [0.3, 0.4) is 0 Å². The van der Waals surface area contributed by atoms with Gasteiger partial charge in [-0.05, 0) is 12.8 Å². The van der Waals surface area contributed by atoms with Gasteiger partial charge in [-0.15, -0.1) is 0 Å². The molecule has 114 valence electrons. The van der Waals surface area contributed by atoms with Crippen molar-refractivity contribution in [2.24, 2.45) is 0 Å². The van der Waals surface area contributed by atoms with E-state index in [1.165, 1.54) is 4.90 Å². The lowest BCUT2D eigenvalue weighted by molar-refractivity contribution is -0.158. The van der Waals surface area contributed by atoms with Crippen LogP contribution in [0.4, 0.5) is 0 Å². The second kappa shape index (κ2) is 7.56. The van der Waals surface area contributed by atoms with Crippen molar-refractivity contribution in [2.45, 2.75) is 31.4 Å². The molecule has 0 aliphatic carbocycles. The molecule has 0 aromatic rings. The summed E-state index contributed by atoms with van der Waals surface area (Å²) >= 11 is 0. The Bertz CT molecular complexity index is 342. The van der Waals surface area contributed by atoms with E-state index in [0.717, 1.165) is 19.4 Å². The average molecular weight is 287 g/mol. The maximum Gasteiger partial charge on any atom is 0.328 e. The number of carboxylic acids is 1. The maximum absolute atomic E-state index is 12.0. The number of nitrogens with zero attached hydrogens (tertiary/aromatic N) is 1. The van der Waals surface area contributed by atoms with Crippen LogP contribution in [0, 0.1) is 0 Å². The molecule has 2 saturated heterocycles. The third-order valence-electron chi connectivity index (χ3n) is 3.52. The molecule has 0 aromatic heterocycles. The molecular formula is C13H21NO6. The maximum atomic E-state index is 12.0. The lowest BCUT2D eigenvalue weighted by atomic mass is 10.2. The van der Waals surface area contributed by atoms with Gasteiger partial charge in [-0.1, -0.05) is 0 Å². The van der Waals surface area contributed by atoms with Crippen LogP contribution >= 0.6 is 0 Å². The Balaban J connectivity index is 1.68. The first-order valence-electron chi connectivity index (χ1n) is 6.98. The first-order valence-corrected chi connectivity index (χ1v) is 6.98. The lowest BCUT2D eigenvalue weighted by Gasteiger charge is -2.32. The Kier molecular flexibility index (Phi) is 5.75. The van der Waals surface area contributed by atoms with Gasteiger partial charge in [0, 0.05) is 13.2 Å². The molecule has 1 N–H and O–H groups in total. The average Bonchev–Trinajstić information content (AvgIpc) is 2.96. The van der Waals surface area contributed by atoms with E-state index >= 15 is 0 Å².